The summed E-state index contributed by atoms with van der Waals surface area (Å²) in [6, 6.07) is 46.2. The molecule has 7 N–H and O–H groups in total. The summed E-state index contributed by atoms with van der Waals surface area (Å²) in [5.41, 5.74) is 16.1. The highest BCUT2D eigenvalue weighted by Crippen LogP contribution is 2.35. The second-order valence-electron chi connectivity index (χ2n) is 24.1. The largest absolute Gasteiger partial charge is 0.463 e. The molecule has 104 heavy (non-hydrogen) atoms. The van der Waals surface area contributed by atoms with Gasteiger partial charge >= 0.3 is 5.97 Å². The number of anilines is 3. The number of para-hydroxylation sites is 3. The maximum Gasteiger partial charge on any atom is 0.305 e. The van der Waals surface area contributed by atoms with Gasteiger partial charge in [-0.25, -0.2) is 9.79 Å². The van der Waals surface area contributed by atoms with Gasteiger partial charge in [-0.1, -0.05) is 127 Å². The molecule has 25 heteroatoms. The first-order chi connectivity index (χ1) is 50.8. The van der Waals surface area contributed by atoms with E-state index in [1.807, 2.05) is 146 Å². The molecule has 0 bridgehead atoms. The van der Waals surface area contributed by atoms with Crippen molar-refractivity contribution in [3.8, 4) is 35.5 Å². The van der Waals surface area contributed by atoms with Crippen LogP contribution in [0.1, 0.15) is 82.2 Å². The number of aliphatic hydroxyl groups excluding tert-OH is 5. The molecule has 0 aliphatic carbocycles. The van der Waals surface area contributed by atoms with E-state index in [9.17, 15) is 49.5 Å². The van der Waals surface area contributed by atoms with Crippen molar-refractivity contribution in [2.45, 2.75) is 113 Å². The van der Waals surface area contributed by atoms with E-state index in [0.717, 1.165) is 61.4 Å². The Kier molecular flexibility index (Phi) is 31.2. The van der Waals surface area contributed by atoms with E-state index >= 15 is 0 Å². The van der Waals surface area contributed by atoms with Crippen LogP contribution in [0, 0.1) is 35.5 Å². The number of nitrogens with two attached hydrogens (primary N) is 1. The number of carbonyl (C=O) groups is 4. The van der Waals surface area contributed by atoms with Crippen molar-refractivity contribution in [3.63, 3.8) is 0 Å². The first-order valence-corrected chi connectivity index (χ1v) is 34.3. The molecule has 2 fully saturated rings. The van der Waals surface area contributed by atoms with Gasteiger partial charge in [0.25, 0.3) is 0 Å². The summed E-state index contributed by atoms with van der Waals surface area (Å²) >= 11 is 0. The Morgan fingerprint density at radius 2 is 0.894 bits per heavy atom. The van der Waals surface area contributed by atoms with Crippen molar-refractivity contribution < 1.29 is 96.9 Å². The number of hydrogen-bond acceptors (Lipinski definition) is 22. The minimum absolute atomic E-state index is 0.000563. The average molecular weight is 1430 g/mol. The molecule has 0 spiro atoms. The summed E-state index contributed by atoms with van der Waals surface area (Å²) in [7, 11) is 2.72. The molecule has 5 heterocycles. The molecule has 0 aromatic heterocycles. The van der Waals surface area contributed by atoms with Gasteiger partial charge in [0.15, 0.2) is 12.6 Å². The van der Waals surface area contributed by atoms with E-state index in [4.69, 9.17) is 53.1 Å². The highest BCUT2D eigenvalue weighted by atomic mass is 16.8. The number of ether oxygens (including phenoxy) is 10. The molecular formula is C79H87N5O20. The number of amides is 3. The maximum absolute atomic E-state index is 13.5. The lowest BCUT2D eigenvalue weighted by Crippen LogP contribution is -2.66. The van der Waals surface area contributed by atoms with E-state index in [1.165, 1.54) is 20.3 Å². The number of carbonyl (C=O) groups excluding carboxylic acids is 5. The molecule has 3 amide bonds. The molecule has 11 rings (SSSR count). The van der Waals surface area contributed by atoms with Crippen LogP contribution in [0.2, 0.25) is 0 Å². The lowest BCUT2D eigenvalue weighted by Gasteiger charge is -2.48. The highest BCUT2D eigenvalue weighted by molar-refractivity contribution is 5.97. The van der Waals surface area contributed by atoms with Gasteiger partial charge in [0.1, 0.15) is 55.4 Å². The maximum atomic E-state index is 13.5. The molecule has 0 saturated carbocycles. The number of fused-ring (bicyclic) bond motifs is 6. The van der Waals surface area contributed by atoms with E-state index in [0.29, 0.717) is 38.3 Å². The number of rotatable bonds is 28. The van der Waals surface area contributed by atoms with E-state index in [1.54, 1.807) is 14.7 Å². The first kappa shape index (κ1) is 78.8. The summed E-state index contributed by atoms with van der Waals surface area (Å²) in [6.07, 6.45) is -9.42. The van der Waals surface area contributed by atoms with Gasteiger partial charge in [0.05, 0.1) is 103 Å². The summed E-state index contributed by atoms with van der Waals surface area (Å²) in [4.78, 5) is 70.1. The van der Waals surface area contributed by atoms with Crippen LogP contribution < -0.4 is 20.4 Å². The molecular weight excluding hydrogens is 1340 g/mol. The van der Waals surface area contributed by atoms with Crippen molar-refractivity contribution in [3.05, 3.63) is 196 Å². The van der Waals surface area contributed by atoms with Crippen LogP contribution in [0.3, 0.4) is 0 Å². The molecule has 6 aromatic rings. The van der Waals surface area contributed by atoms with E-state index in [2.05, 4.69) is 40.5 Å². The van der Waals surface area contributed by atoms with Crippen molar-refractivity contribution in [1.82, 2.24) is 0 Å². The fraction of sp³-hybridized carbons (Fsp3) is 0.405. The number of methoxy groups -OCH3 is 2. The fourth-order valence-electron chi connectivity index (χ4n) is 12.2. The zero-order chi connectivity index (χ0) is 73.6. The number of nitrogens with zero attached hydrogens (tertiary/aromatic N) is 4. The number of benzene rings is 6. The lowest BCUT2D eigenvalue weighted by molar-refractivity contribution is -0.365. The van der Waals surface area contributed by atoms with Gasteiger partial charge in [-0.2, -0.15) is 0 Å². The molecule has 5 aliphatic heterocycles. The SMILES string of the molecule is CO[C@H]1OC(COCCOC(=O)CCCC(=O)N2Cc3ccccc3C#Cc3ccccc32)[C@H](O[C@H]2OC(COCCO)[C@@H](OC)[C@H](OCCO)C2O)[C@H](OCCO)C1O.NCCC(=O)N1Cc2ccccc2C#Cc2ccccc21.O=C=NCCC(=O)N1Cc2ccccc2C#Cc2ccccc21. The Morgan fingerprint density at radius 3 is 1.36 bits per heavy atom. The van der Waals surface area contributed by atoms with Crippen molar-refractivity contribution in [2.24, 2.45) is 10.7 Å². The Hall–Kier alpha value is -9.34. The van der Waals surface area contributed by atoms with Crippen LogP contribution in [0.4, 0.5) is 17.1 Å². The van der Waals surface area contributed by atoms with Crippen molar-refractivity contribution >= 4 is 46.8 Å². The monoisotopic (exact) mass is 1430 g/mol. The summed E-state index contributed by atoms with van der Waals surface area (Å²) in [5.74, 6) is 18.3. The van der Waals surface area contributed by atoms with Gasteiger partial charge < -0.3 is 93.3 Å². The Labute approximate surface area is 604 Å². The Balaban J connectivity index is 0.000000229. The first-order valence-electron chi connectivity index (χ1n) is 34.3. The standard InChI is InChI=1S/C42H57NO17.C19H14N2O2.C18H16N2O/c1-51-37-31(25-53-19-16-44)59-42(36(50)39(37)56-20-17-45)60-38-32(58-41(52-2)35(49)40(38)57-21-18-46)26-54-22-23-55-34(48)13-7-12-33(47)43-24-29-10-4-3-8-27(29)14-15-28-9-5-6-11-30(28)43;22-14-20-12-11-19(23)21-13-17-7-2-1-5-15(17)9-10-16-6-3-4-8-18(16)21;19-12-11-18(21)20-13-16-7-2-1-5-14(16)9-10-15-6-3-4-8-17(15)20/h3-6,8-11,31-32,35-42,44-46,49-50H,7,12-13,16-26H2,1-2H3;1-8H,11-13H2;1-8H,11-13,19H2/t31?,32?,35?,36?,37-,38+,39-,40-,41+,42-;;/m1../s1. The van der Waals surface area contributed by atoms with Crippen molar-refractivity contribution in [1.29, 1.82) is 0 Å². The second-order valence-corrected chi connectivity index (χ2v) is 24.1. The second kappa shape index (κ2) is 41.2. The summed E-state index contributed by atoms with van der Waals surface area (Å²) < 4.78 is 57.6. The van der Waals surface area contributed by atoms with E-state index in [-0.39, 0.29) is 116 Å². The quantitative estimate of drug-likeness (QED) is 0.0129. The minimum Gasteiger partial charge on any atom is -0.463 e. The zero-order valence-corrected chi connectivity index (χ0v) is 58.0. The van der Waals surface area contributed by atoms with Crippen LogP contribution in [0.15, 0.2) is 151 Å². The van der Waals surface area contributed by atoms with Gasteiger partial charge in [-0.15, -0.1) is 0 Å². The molecule has 25 nitrogen and oxygen atoms in total. The Morgan fingerprint density at radius 1 is 0.490 bits per heavy atom. The third-order valence-electron chi connectivity index (χ3n) is 17.3. The van der Waals surface area contributed by atoms with Crippen LogP contribution in [0.5, 0.6) is 0 Å². The number of aliphatic imine (C=N–C) groups is 1. The molecule has 2 saturated heterocycles. The van der Waals surface area contributed by atoms with Crippen LogP contribution in [0.25, 0.3) is 0 Å². The van der Waals surface area contributed by atoms with Crippen molar-refractivity contribution in [2.75, 3.05) is 108 Å². The number of hydrogen-bond donors (Lipinski definition) is 6. The van der Waals surface area contributed by atoms with Gasteiger partial charge in [0.2, 0.25) is 23.8 Å². The molecule has 5 aliphatic rings. The third kappa shape index (κ3) is 21.4. The Bertz CT molecular complexity index is 4080. The normalized spacial score (nSPS) is 20.9. The summed E-state index contributed by atoms with van der Waals surface area (Å²) in [6.45, 7) is 0.0600. The van der Waals surface area contributed by atoms with Crippen LogP contribution in [-0.4, -0.2) is 210 Å². The molecule has 4 unspecified atom stereocenters. The number of esters is 1. The lowest BCUT2D eigenvalue weighted by atomic mass is 9.96. The minimum atomic E-state index is -1.49. The predicted octanol–water partition coefficient (Wildman–Crippen LogP) is 4.59. The summed E-state index contributed by atoms with van der Waals surface area (Å²) in [5, 5.41) is 50.8. The highest BCUT2D eigenvalue weighted by Gasteiger charge is 2.53. The smallest absolute Gasteiger partial charge is 0.305 e. The number of isocyanates is 1. The predicted molar refractivity (Wildman–Crippen MR) is 381 cm³/mol. The number of aliphatic hydroxyl groups is 5. The van der Waals surface area contributed by atoms with Crippen LogP contribution in [-0.2, 0) is 91.0 Å². The van der Waals surface area contributed by atoms with Gasteiger partial charge in [-0.05, 0) is 77.7 Å². The van der Waals surface area contributed by atoms with Gasteiger partial charge in [0, 0.05) is 79.8 Å². The zero-order valence-electron chi connectivity index (χ0n) is 58.0. The molecule has 548 valence electrons. The third-order valence-corrected chi connectivity index (χ3v) is 17.3. The van der Waals surface area contributed by atoms with E-state index < -0.39 is 67.4 Å². The molecule has 6 aromatic carbocycles. The molecule has 0 radical (unpaired) electrons. The van der Waals surface area contributed by atoms with Crippen LogP contribution >= 0.6 is 0 Å². The topological polar surface area (TPSA) is 327 Å². The fourth-order valence-corrected chi connectivity index (χ4v) is 12.2. The van der Waals surface area contributed by atoms with Gasteiger partial charge in [-0.3, -0.25) is 19.2 Å². The average Bonchev–Trinajstić information content (AvgIpc) is 0.785. The molecule has 10 atom stereocenters.